The number of hydrogen-bond donors (Lipinski definition) is 2. The number of benzene rings is 1. The molecule has 1 heterocycles. The molecular weight excluding hydrogens is 408 g/mol. The molecule has 0 aromatic heterocycles. The lowest BCUT2D eigenvalue weighted by Gasteiger charge is -2.23. The number of hydrogen-bond acceptors (Lipinski definition) is 5. The van der Waals surface area contributed by atoms with Crippen LogP contribution in [0.2, 0.25) is 0 Å². The number of carbonyl (C=O) groups excluding carboxylic acids is 1. The summed E-state index contributed by atoms with van der Waals surface area (Å²) < 4.78 is 29.2. The first-order valence-corrected chi connectivity index (χ1v) is 12.4. The number of fused-ring (bicyclic) bond motifs is 2. The van der Waals surface area contributed by atoms with Crippen molar-refractivity contribution < 1.29 is 17.8 Å². The third-order valence-corrected chi connectivity index (χ3v) is 8.73. The van der Waals surface area contributed by atoms with E-state index >= 15 is 0 Å². The van der Waals surface area contributed by atoms with Gasteiger partial charge in [0.2, 0.25) is 5.91 Å². The maximum absolute atomic E-state index is 12.1. The highest BCUT2D eigenvalue weighted by molar-refractivity contribution is 8.16. The first-order chi connectivity index (χ1) is 13.5. The van der Waals surface area contributed by atoms with Crippen LogP contribution >= 0.6 is 11.8 Å². The summed E-state index contributed by atoms with van der Waals surface area (Å²) >= 11 is 1.63. The highest BCUT2D eigenvalue weighted by Crippen LogP contribution is 2.47. The summed E-state index contributed by atoms with van der Waals surface area (Å²) in [5.74, 6) is 2.15. The third-order valence-electron chi connectivity index (χ3n) is 6.38. The minimum absolute atomic E-state index is 0.0666. The number of nitrogens with zero attached hydrogens (tertiary/aromatic N) is 1. The van der Waals surface area contributed by atoms with Gasteiger partial charge in [0, 0.05) is 0 Å². The first-order valence-electron chi connectivity index (χ1n) is 10.1. The predicted octanol–water partition coefficient (Wildman–Crippen LogP) is 4.05. The minimum Gasteiger partial charge on any atom is -0.304 e. The summed E-state index contributed by atoms with van der Waals surface area (Å²) in [5, 5.41) is 3.86. The quantitative estimate of drug-likeness (QED) is 0.694. The van der Waals surface area contributed by atoms with Gasteiger partial charge >= 0.3 is 0 Å². The van der Waals surface area contributed by atoms with E-state index in [1.165, 1.54) is 37.8 Å². The molecule has 1 saturated heterocycles. The normalized spacial score (nSPS) is 32.4. The molecule has 1 aromatic carbocycles. The van der Waals surface area contributed by atoms with Gasteiger partial charge in [-0.25, -0.2) is 0 Å². The summed E-state index contributed by atoms with van der Waals surface area (Å²) in [7, 11) is -4.02. The molecular formula is C21H30N2O4S2. The number of amidine groups is 1. The van der Waals surface area contributed by atoms with E-state index in [2.05, 4.69) is 19.2 Å². The molecule has 8 heteroatoms. The van der Waals surface area contributed by atoms with Crippen LogP contribution in [0, 0.1) is 24.7 Å². The topological polar surface area (TPSA) is 95.8 Å². The first kappa shape index (κ1) is 22.3. The van der Waals surface area contributed by atoms with Crippen molar-refractivity contribution in [3.8, 4) is 0 Å². The Morgan fingerprint density at radius 2 is 1.86 bits per heavy atom. The maximum Gasteiger partial charge on any atom is 0.294 e. The van der Waals surface area contributed by atoms with Crippen LogP contribution in [0.25, 0.3) is 0 Å². The largest absolute Gasteiger partial charge is 0.304 e. The fourth-order valence-electron chi connectivity index (χ4n) is 4.16. The number of amides is 1. The van der Waals surface area contributed by atoms with Crippen molar-refractivity contribution >= 4 is 33.0 Å². The van der Waals surface area contributed by atoms with Gasteiger partial charge in [-0.05, 0) is 63.0 Å². The van der Waals surface area contributed by atoms with Gasteiger partial charge in [-0.1, -0.05) is 49.7 Å². The van der Waals surface area contributed by atoms with Crippen LogP contribution in [0.1, 0.15) is 52.0 Å². The highest BCUT2D eigenvalue weighted by atomic mass is 32.2. The molecule has 1 aliphatic heterocycles. The molecule has 4 atom stereocenters. The van der Waals surface area contributed by atoms with Crippen molar-refractivity contribution in [3.05, 3.63) is 29.8 Å². The molecule has 160 valence electrons. The molecule has 0 spiro atoms. The fraction of sp³-hybridized carbons (Fsp3) is 0.619. The standard InChI is InChI=1S/C14H22N2OS.C7H8O3S/c1-8(2)14(3)12(17)16-13(18-14)15-11-7-9-4-5-10(11)6-9;1-6-2-4-7(5-3-6)11(8,9)10/h8-11H,4-7H2,1-3H3,(H,15,16,17);2-5H,1H3,(H,8,9,10)/t9?,10?,11?,14-;/m0./s1. The molecule has 2 bridgehead atoms. The highest BCUT2D eigenvalue weighted by Gasteiger charge is 2.46. The average Bonchev–Trinajstić information content (AvgIpc) is 3.31. The Morgan fingerprint density at radius 3 is 2.31 bits per heavy atom. The van der Waals surface area contributed by atoms with Gasteiger partial charge in [-0.2, -0.15) is 8.42 Å². The van der Waals surface area contributed by atoms with Crippen molar-refractivity contribution in [1.29, 1.82) is 0 Å². The Bertz CT molecular complexity index is 896. The Kier molecular flexibility index (Phi) is 6.46. The number of aliphatic imine (C=N–C) groups is 1. The zero-order valence-electron chi connectivity index (χ0n) is 17.4. The molecule has 2 N–H and O–H groups in total. The summed E-state index contributed by atoms with van der Waals surface area (Å²) in [6.45, 7) is 8.08. The lowest BCUT2D eigenvalue weighted by atomic mass is 9.96. The van der Waals surface area contributed by atoms with E-state index in [0.29, 0.717) is 12.0 Å². The van der Waals surface area contributed by atoms with Crippen molar-refractivity contribution in [2.75, 3.05) is 0 Å². The smallest absolute Gasteiger partial charge is 0.294 e. The zero-order chi connectivity index (χ0) is 21.4. The van der Waals surface area contributed by atoms with E-state index in [1.54, 1.807) is 23.9 Å². The molecule has 1 amide bonds. The van der Waals surface area contributed by atoms with E-state index in [-0.39, 0.29) is 15.5 Å². The molecule has 3 aliphatic rings. The zero-order valence-corrected chi connectivity index (χ0v) is 19.0. The summed E-state index contributed by atoms with van der Waals surface area (Å²) in [4.78, 5) is 16.8. The molecule has 29 heavy (non-hydrogen) atoms. The van der Waals surface area contributed by atoms with Gasteiger partial charge in [0.1, 0.15) is 4.75 Å². The maximum atomic E-state index is 12.1. The van der Waals surface area contributed by atoms with Crippen LogP contribution < -0.4 is 5.32 Å². The molecule has 1 aromatic rings. The van der Waals surface area contributed by atoms with Gasteiger partial charge in [0.05, 0.1) is 10.9 Å². The van der Waals surface area contributed by atoms with Crippen LogP contribution in [-0.4, -0.2) is 34.8 Å². The molecule has 2 aliphatic carbocycles. The van der Waals surface area contributed by atoms with Gasteiger partial charge in [0.25, 0.3) is 10.1 Å². The molecule has 4 rings (SSSR count). The fourth-order valence-corrected chi connectivity index (χ4v) is 5.76. The van der Waals surface area contributed by atoms with Crippen molar-refractivity contribution in [3.63, 3.8) is 0 Å². The van der Waals surface area contributed by atoms with E-state index in [0.717, 1.165) is 22.6 Å². The summed E-state index contributed by atoms with van der Waals surface area (Å²) in [6.07, 6.45) is 5.34. The summed E-state index contributed by atoms with van der Waals surface area (Å²) in [6, 6.07) is 6.46. The van der Waals surface area contributed by atoms with Crippen molar-refractivity contribution in [1.82, 2.24) is 5.32 Å². The predicted molar refractivity (Wildman–Crippen MR) is 117 cm³/mol. The monoisotopic (exact) mass is 438 g/mol. The van der Waals surface area contributed by atoms with Gasteiger partial charge in [0.15, 0.2) is 5.17 Å². The third kappa shape index (κ3) is 5.03. The SMILES string of the molecule is CC(C)[C@]1(C)SC(=NC2CC3CCC2C3)NC1=O.Cc1ccc(S(=O)(=O)O)cc1. The van der Waals surface area contributed by atoms with Crippen molar-refractivity contribution in [2.24, 2.45) is 22.7 Å². The Morgan fingerprint density at radius 1 is 1.21 bits per heavy atom. The molecule has 3 fully saturated rings. The Balaban J connectivity index is 0.000000188. The van der Waals surface area contributed by atoms with Crippen molar-refractivity contribution in [2.45, 2.75) is 69.1 Å². The molecule has 2 saturated carbocycles. The van der Waals surface area contributed by atoms with E-state index in [4.69, 9.17) is 9.55 Å². The van der Waals surface area contributed by atoms with Crippen LogP contribution in [0.3, 0.4) is 0 Å². The number of thioether (sulfide) groups is 1. The number of nitrogens with one attached hydrogen (secondary N) is 1. The average molecular weight is 439 g/mol. The van der Waals surface area contributed by atoms with E-state index in [1.807, 2.05) is 13.8 Å². The van der Waals surface area contributed by atoms with Crippen LogP contribution in [0.15, 0.2) is 34.2 Å². The van der Waals surface area contributed by atoms with Gasteiger partial charge in [-0.3, -0.25) is 14.3 Å². The Labute approximate surface area is 177 Å². The Hall–Kier alpha value is -1.38. The lowest BCUT2D eigenvalue weighted by molar-refractivity contribution is -0.122. The molecule has 0 radical (unpaired) electrons. The second-order valence-corrected chi connectivity index (χ2v) is 11.6. The lowest BCUT2D eigenvalue weighted by Crippen LogP contribution is -2.38. The van der Waals surface area contributed by atoms with Gasteiger partial charge in [-0.15, -0.1) is 0 Å². The summed E-state index contributed by atoms with van der Waals surface area (Å²) in [5.41, 5.74) is 0.956. The number of aryl methyl sites for hydroxylation is 1. The second kappa shape index (κ2) is 8.40. The van der Waals surface area contributed by atoms with E-state index < -0.39 is 10.1 Å². The van der Waals surface area contributed by atoms with Gasteiger partial charge < -0.3 is 5.32 Å². The molecule has 6 nitrogen and oxygen atoms in total. The second-order valence-electron chi connectivity index (χ2n) is 8.78. The minimum atomic E-state index is -4.02. The van der Waals surface area contributed by atoms with Crippen LogP contribution in [-0.2, 0) is 14.9 Å². The number of rotatable bonds is 3. The van der Waals surface area contributed by atoms with Crippen LogP contribution in [0.4, 0.5) is 0 Å². The molecule has 3 unspecified atom stereocenters. The van der Waals surface area contributed by atoms with E-state index in [9.17, 15) is 13.2 Å². The number of carbonyl (C=O) groups is 1. The van der Waals surface area contributed by atoms with Crippen LogP contribution in [0.5, 0.6) is 0 Å².